The summed E-state index contributed by atoms with van der Waals surface area (Å²) >= 11 is 5.67. The number of methoxy groups -OCH3 is 1. The molecule has 2 aromatic rings. The normalized spacial score (nSPS) is 10.2. The van der Waals surface area contributed by atoms with E-state index in [1.807, 2.05) is 0 Å². The first-order valence-corrected chi connectivity index (χ1v) is 6.39. The van der Waals surface area contributed by atoms with E-state index in [0.29, 0.717) is 16.3 Å². The zero-order valence-electron chi connectivity index (χ0n) is 11.1. The lowest BCUT2D eigenvalue weighted by atomic mass is 10.2. The number of ether oxygens (including phenoxy) is 1. The zero-order chi connectivity index (χ0) is 15.4. The van der Waals surface area contributed by atoms with Crippen LogP contribution < -0.4 is 10.1 Å². The monoisotopic (exact) mass is 310 g/mol. The molecule has 2 aromatic carbocycles. The fraction of sp³-hybridized carbons (Fsp3) is 0.143. The summed E-state index contributed by atoms with van der Waals surface area (Å²) in [5, 5.41) is 14.2. The van der Waals surface area contributed by atoms with Gasteiger partial charge in [-0.15, -0.1) is 0 Å². The number of nitrogens with zero attached hydrogens (tertiary/aromatic N) is 1. The van der Waals surface area contributed by atoms with Crippen LogP contribution in [-0.4, -0.2) is 12.0 Å². The summed E-state index contributed by atoms with van der Waals surface area (Å²) < 4.78 is 18.5. The van der Waals surface area contributed by atoms with E-state index in [1.54, 1.807) is 18.2 Å². The van der Waals surface area contributed by atoms with E-state index in [1.165, 1.54) is 25.3 Å². The largest absolute Gasteiger partial charge is 0.490 e. The molecule has 0 heterocycles. The van der Waals surface area contributed by atoms with Crippen molar-refractivity contribution in [3.8, 4) is 5.75 Å². The first-order valence-electron chi connectivity index (χ1n) is 6.01. The van der Waals surface area contributed by atoms with Crippen LogP contribution in [0.3, 0.4) is 0 Å². The minimum absolute atomic E-state index is 0.154. The summed E-state index contributed by atoms with van der Waals surface area (Å²) in [7, 11) is 1.36. The Morgan fingerprint density at radius 3 is 2.71 bits per heavy atom. The minimum atomic E-state index is -0.535. The lowest BCUT2D eigenvalue weighted by Gasteiger charge is -2.09. The van der Waals surface area contributed by atoms with Crippen molar-refractivity contribution in [1.29, 1.82) is 0 Å². The van der Waals surface area contributed by atoms with Gasteiger partial charge in [0.05, 0.1) is 12.0 Å². The van der Waals surface area contributed by atoms with Crippen LogP contribution in [0.15, 0.2) is 36.4 Å². The third kappa shape index (κ3) is 3.61. The number of benzene rings is 2. The van der Waals surface area contributed by atoms with Crippen LogP contribution in [0.2, 0.25) is 5.02 Å². The molecule has 5 nitrogen and oxygen atoms in total. The Labute approximate surface area is 125 Å². The molecule has 0 radical (unpaired) electrons. The molecule has 7 heteroatoms. The highest BCUT2D eigenvalue weighted by Gasteiger charge is 2.15. The second kappa shape index (κ2) is 6.41. The van der Waals surface area contributed by atoms with Gasteiger partial charge in [0, 0.05) is 28.9 Å². The molecule has 0 aliphatic heterocycles. The molecule has 0 aliphatic rings. The van der Waals surface area contributed by atoms with E-state index < -0.39 is 10.7 Å². The number of nitro benzene ring substituents is 1. The smallest absolute Gasteiger partial charge is 0.312 e. The molecular formula is C14H12ClFN2O3. The van der Waals surface area contributed by atoms with Gasteiger partial charge < -0.3 is 10.1 Å². The molecule has 2 rings (SSSR count). The van der Waals surface area contributed by atoms with E-state index in [4.69, 9.17) is 16.3 Å². The summed E-state index contributed by atoms with van der Waals surface area (Å²) in [5.41, 5.74) is 0.758. The van der Waals surface area contributed by atoms with Crippen LogP contribution in [0.1, 0.15) is 5.56 Å². The molecule has 110 valence electrons. The standard InChI is InChI=1S/C14H12ClFN2O3/c1-21-14-5-4-11(7-13(14)18(19)20)17-8-9-2-3-10(15)6-12(9)16/h2-7,17H,8H2,1H3. The maximum Gasteiger partial charge on any atom is 0.312 e. The average Bonchev–Trinajstić information content (AvgIpc) is 2.46. The van der Waals surface area contributed by atoms with Gasteiger partial charge in [-0.3, -0.25) is 10.1 Å². The highest BCUT2D eigenvalue weighted by Crippen LogP contribution is 2.30. The molecular weight excluding hydrogens is 299 g/mol. The number of hydrogen-bond acceptors (Lipinski definition) is 4. The van der Waals surface area contributed by atoms with E-state index >= 15 is 0 Å². The molecule has 0 spiro atoms. The van der Waals surface area contributed by atoms with Gasteiger partial charge in [0.25, 0.3) is 0 Å². The molecule has 0 unspecified atom stereocenters. The number of nitrogens with one attached hydrogen (secondary N) is 1. The third-order valence-electron chi connectivity index (χ3n) is 2.87. The summed E-state index contributed by atoms with van der Waals surface area (Å²) in [6.45, 7) is 0.187. The Hall–Kier alpha value is -2.34. The van der Waals surface area contributed by atoms with Gasteiger partial charge in [0.15, 0.2) is 5.75 Å². The maximum atomic E-state index is 13.6. The van der Waals surface area contributed by atoms with Gasteiger partial charge in [-0.05, 0) is 24.3 Å². The van der Waals surface area contributed by atoms with E-state index in [-0.39, 0.29) is 18.0 Å². The minimum Gasteiger partial charge on any atom is -0.490 e. The Balaban J connectivity index is 2.16. The number of halogens is 2. The van der Waals surface area contributed by atoms with Crippen molar-refractivity contribution in [3.05, 3.63) is 62.9 Å². The second-order valence-electron chi connectivity index (χ2n) is 4.23. The fourth-order valence-electron chi connectivity index (χ4n) is 1.80. The van der Waals surface area contributed by atoms with Crippen molar-refractivity contribution >= 4 is 23.0 Å². The number of nitro groups is 1. The fourth-order valence-corrected chi connectivity index (χ4v) is 1.96. The summed E-state index contributed by atoms with van der Waals surface area (Å²) in [6, 6.07) is 8.81. The van der Waals surface area contributed by atoms with Crippen LogP contribution >= 0.6 is 11.6 Å². The lowest BCUT2D eigenvalue weighted by Crippen LogP contribution is -2.03. The lowest BCUT2D eigenvalue weighted by molar-refractivity contribution is -0.385. The first kappa shape index (κ1) is 15.1. The Morgan fingerprint density at radius 1 is 1.33 bits per heavy atom. The molecule has 0 bridgehead atoms. The molecule has 0 fully saturated rings. The van der Waals surface area contributed by atoms with Crippen LogP contribution in [-0.2, 0) is 6.54 Å². The van der Waals surface area contributed by atoms with Gasteiger partial charge in [0.1, 0.15) is 5.82 Å². The average molecular weight is 311 g/mol. The molecule has 0 atom stereocenters. The topological polar surface area (TPSA) is 64.4 Å². The summed E-state index contributed by atoms with van der Waals surface area (Å²) in [5.74, 6) is -0.263. The Morgan fingerprint density at radius 2 is 2.10 bits per heavy atom. The van der Waals surface area contributed by atoms with E-state index in [9.17, 15) is 14.5 Å². The predicted octanol–water partition coefficient (Wildman–Crippen LogP) is 4.01. The van der Waals surface area contributed by atoms with Crippen molar-refractivity contribution in [2.24, 2.45) is 0 Å². The predicted molar refractivity (Wildman–Crippen MR) is 78.4 cm³/mol. The molecule has 0 saturated carbocycles. The molecule has 0 aliphatic carbocycles. The molecule has 0 amide bonds. The van der Waals surface area contributed by atoms with Gasteiger partial charge in [-0.25, -0.2) is 4.39 Å². The van der Waals surface area contributed by atoms with Gasteiger partial charge in [0.2, 0.25) is 0 Å². The van der Waals surface area contributed by atoms with Crippen molar-refractivity contribution < 1.29 is 14.1 Å². The molecule has 0 saturated heterocycles. The molecule has 21 heavy (non-hydrogen) atoms. The van der Waals surface area contributed by atoms with Crippen molar-refractivity contribution in [2.45, 2.75) is 6.54 Å². The summed E-state index contributed by atoms with van der Waals surface area (Å²) in [6.07, 6.45) is 0. The van der Waals surface area contributed by atoms with Crippen LogP contribution in [0.25, 0.3) is 0 Å². The van der Waals surface area contributed by atoms with Crippen LogP contribution in [0.5, 0.6) is 5.75 Å². The van der Waals surface area contributed by atoms with Gasteiger partial charge in [-0.2, -0.15) is 0 Å². The van der Waals surface area contributed by atoms with E-state index in [0.717, 1.165) is 0 Å². The SMILES string of the molecule is COc1ccc(NCc2ccc(Cl)cc2F)cc1[N+](=O)[O-]. The second-order valence-corrected chi connectivity index (χ2v) is 4.67. The third-order valence-corrected chi connectivity index (χ3v) is 3.11. The summed E-state index contributed by atoms with van der Waals surface area (Å²) in [4.78, 5) is 10.4. The van der Waals surface area contributed by atoms with E-state index in [2.05, 4.69) is 5.32 Å². The number of hydrogen-bond donors (Lipinski definition) is 1. The Bertz CT molecular complexity index is 679. The maximum absolute atomic E-state index is 13.6. The zero-order valence-corrected chi connectivity index (χ0v) is 11.9. The Kier molecular flexibility index (Phi) is 4.59. The van der Waals surface area contributed by atoms with Gasteiger partial charge in [-0.1, -0.05) is 17.7 Å². The van der Waals surface area contributed by atoms with Crippen LogP contribution in [0.4, 0.5) is 15.8 Å². The quantitative estimate of drug-likeness (QED) is 0.669. The van der Waals surface area contributed by atoms with Crippen molar-refractivity contribution in [3.63, 3.8) is 0 Å². The molecule has 0 aromatic heterocycles. The highest BCUT2D eigenvalue weighted by molar-refractivity contribution is 6.30. The molecule has 1 N–H and O–H groups in total. The highest BCUT2D eigenvalue weighted by atomic mass is 35.5. The first-order chi connectivity index (χ1) is 10.0. The number of anilines is 1. The van der Waals surface area contributed by atoms with Gasteiger partial charge >= 0.3 is 5.69 Å². The van der Waals surface area contributed by atoms with Crippen molar-refractivity contribution in [1.82, 2.24) is 0 Å². The van der Waals surface area contributed by atoms with Crippen molar-refractivity contribution in [2.75, 3.05) is 12.4 Å². The van der Waals surface area contributed by atoms with Crippen LogP contribution in [0, 0.1) is 15.9 Å². The number of rotatable bonds is 5.